The van der Waals surface area contributed by atoms with Crippen molar-refractivity contribution < 1.29 is 9.32 Å². The van der Waals surface area contributed by atoms with Gasteiger partial charge in [0.2, 0.25) is 5.91 Å². The van der Waals surface area contributed by atoms with E-state index in [0.29, 0.717) is 0 Å². The summed E-state index contributed by atoms with van der Waals surface area (Å²) in [4.78, 5) is 12.0. The van der Waals surface area contributed by atoms with Crippen molar-refractivity contribution >= 4 is 5.91 Å². The highest BCUT2D eigenvalue weighted by atomic mass is 16.5. The lowest BCUT2D eigenvalue weighted by Crippen LogP contribution is -2.46. The first kappa shape index (κ1) is 15.7. The summed E-state index contributed by atoms with van der Waals surface area (Å²) in [6, 6.07) is -0.0206. The Kier molecular flexibility index (Phi) is 5.54. The Bertz CT molecular complexity index is 409. The lowest BCUT2D eigenvalue weighted by atomic mass is 10.1. The topological polar surface area (TPSA) is 67.2 Å². The minimum Gasteiger partial charge on any atom is -0.361 e. The normalized spacial score (nSPS) is 15.9. The van der Waals surface area contributed by atoms with Gasteiger partial charge in [0.25, 0.3) is 0 Å². The van der Waals surface area contributed by atoms with Crippen LogP contribution in [0.2, 0.25) is 0 Å². The van der Waals surface area contributed by atoms with Gasteiger partial charge in [0.05, 0.1) is 11.7 Å². The number of nitrogens with one attached hydrogen (secondary N) is 2. The van der Waals surface area contributed by atoms with Gasteiger partial charge >= 0.3 is 0 Å². The van der Waals surface area contributed by atoms with Crippen LogP contribution in [0.5, 0.6) is 0 Å². The maximum absolute atomic E-state index is 12.0. The number of rotatable bonds is 6. The summed E-state index contributed by atoms with van der Waals surface area (Å²) in [7, 11) is 0. The fraction of sp³-hybridized carbons (Fsp3) is 0.714. The molecule has 0 saturated heterocycles. The van der Waals surface area contributed by atoms with E-state index in [1.165, 1.54) is 0 Å². The summed E-state index contributed by atoms with van der Waals surface area (Å²) in [5, 5.41) is 10.2. The number of carbonyl (C=O) groups is 1. The second kappa shape index (κ2) is 6.70. The lowest BCUT2D eigenvalue weighted by Gasteiger charge is -2.21. The molecule has 0 spiro atoms. The Balaban J connectivity index is 2.62. The third-order valence-corrected chi connectivity index (χ3v) is 3.42. The molecule has 0 radical (unpaired) electrons. The number of hydrogen-bond acceptors (Lipinski definition) is 4. The quantitative estimate of drug-likeness (QED) is 0.829. The first-order valence-corrected chi connectivity index (χ1v) is 6.86. The van der Waals surface area contributed by atoms with Gasteiger partial charge in [-0.2, -0.15) is 0 Å². The molecule has 2 N–H and O–H groups in total. The number of hydrogen-bond donors (Lipinski definition) is 2. The van der Waals surface area contributed by atoms with Gasteiger partial charge in [0, 0.05) is 17.6 Å². The Morgan fingerprint density at radius 1 is 1.32 bits per heavy atom. The van der Waals surface area contributed by atoms with E-state index in [1.807, 2.05) is 34.6 Å². The van der Waals surface area contributed by atoms with Crippen LogP contribution in [0.25, 0.3) is 0 Å². The van der Waals surface area contributed by atoms with E-state index in [9.17, 15) is 4.79 Å². The van der Waals surface area contributed by atoms with Crippen LogP contribution >= 0.6 is 0 Å². The third-order valence-electron chi connectivity index (χ3n) is 3.42. The maximum Gasteiger partial charge on any atom is 0.237 e. The Morgan fingerprint density at radius 2 is 1.95 bits per heavy atom. The van der Waals surface area contributed by atoms with E-state index in [0.717, 1.165) is 23.4 Å². The average Bonchev–Trinajstić information content (AvgIpc) is 2.68. The summed E-state index contributed by atoms with van der Waals surface area (Å²) in [6.07, 6.45) is 0.928. The number of nitrogens with zero attached hydrogens (tertiary/aromatic N) is 1. The van der Waals surface area contributed by atoms with Gasteiger partial charge in [-0.3, -0.25) is 10.1 Å². The van der Waals surface area contributed by atoms with Crippen LogP contribution in [0.1, 0.15) is 57.2 Å². The zero-order valence-corrected chi connectivity index (χ0v) is 12.7. The minimum atomic E-state index is -0.252. The van der Waals surface area contributed by atoms with Gasteiger partial charge in [0.1, 0.15) is 5.76 Å². The average molecular weight is 267 g/mol. The molecule has 0 fully saturated rings. The summed E-state index contributed by atoms with van der Waals surface area (Å²) in [5.41, 5.74) is 1.90. The Hall–Kier alpha value is -1.36. The standard InChI is InChI=1S/C14H25N3O2/c1-7-8(2)15-14(18)11(5)16-9(3)13-10(4)17-19-12(13)6/h8-9,11,16H,7H2,1-6H3,(H,15,18). The van der Waals surface area contributed by atoms with Crippen LogP contribution in [-0.4, -0.2) is 23.1 Å². The number of amides is 1. The van der Waals surface area contributed by atoms with E-state index in [-0.39, 0.29) is 24.0 Å². The highest BCUT2D eigenvalue weighted by molar-refractivity contribution is 5.81. The fourth-order valence-corrected chi connectivity index (χ4v) is 2.11. The van der Waals surface area contributed by atoms with Crippen molar-refractivity contribution in [3.63, 3.8) is 0 Å². The molecule has 5 heteroatoms. The molecule has 0 aliphatic rings. The van der Waals surface area contributed by atoms with Crippen molar-refractivity contribution in [2.24, 2.45) is 0 Å². The predicted octanol–water partition coefficient (Wildman–Crippen LogP) is 2.25. The zero-order chi connectivity index (χ0) is 14.6. The van der Waals surface area contributed by atoms with Crippen LogP contribution < -0.4 is 10.6 Å². The Labute approximate surface area is 115 Å². The van der Waals surface area contributed by atoms with E-state index >= 15 is 0 Å². The molecule has 1 rings (SSSR count). The minimum absolute atomic E-state index is 0.0213. The van der Waals surface area contributed by atoms with Gasteiger partial charge in [0.15, 0.2) is 0 Å². The van der Waals surface area contributed by atoms with Crippen molar-refractivity contribution in [1.29, 1.82) is 0 Å². The molecule has 1 heterocycles. The van der Waals surface area contributed by atoms with Gasteiger partial charge in [-0.1, -0.05) is 12.1 Å². The molecule has 1 amide bonds. The van der Waals surface area contributed by atoms with Gasteiger partial charge in [-0.05, 0) is 41.0 Å². The molecule has 0 aliphatic heterocycles. The smallest absolute Gasteiger partial charge is 0.237 e. The lowest BCUT2D eigenvalue weighted by molar-refractivity contribution is -0.123. The summed E-state index contributed by atoms with van der Waals surface area (Å²) in [5.74, 6) is 0.819. The summed E-state index contributed by atoms with van der Waals surface area (Å²) in [6.45, 7) is 11.7. The summed E-state index contributed by atoms with van der Waals surface area (Å²) >= 11 is 0. The second-order valence-corrected chi connectivity index (χ2v) is 5.17. The van der Waals surface area contributed by atoms with E-state index in [2.05, 4.69) is 22.7 Å². The van der Waals surface area contributed by atoms with Crippen LogP contribution in [-0.2, 0) is 4.79 Å². The predicted molar refractivity (Wildman–Crippen MR) is 74.9 cm³/mol. The highest BCUT2D eigenvalue weighted by Gasteiger charge is 2.21. The second-order valence-electron chi connectivity index (χ2n) is 5.17. The number of aromatic nitrogens is 1. The van der Waals surface area contributed by atoms with Crippen LogP contribution in [0, 0.1) is 13.8 Å². The molecule has 0 aliphatic carbocycles. The van der Waals surface area contributed by atoms with Crippen molar-refractivity contribution in [1.82, 2.24) is 15.8 Å². The van der Waals surface area contributed by atoms with E-state index in [4.69, 9.17) is 4.52 Å². The summed E-state index contributed by atoms with van der Waals surface area (Å²) < 4.78 is 5.15. The molecule has 19 heavy (non-hydrogen) atoms. The van der Waals surface area contributed by atoms with Crippen LogP contribution in [0.4, 0.5) is 0 Å². The van der Waals surface area contributed by atoms with E-state index in [1.54, 1.807) is 0 Å². The van der Waals surface area contributed by atoms with Gasteiger partial charge < -0.3 is 9.84 Å². The van der Waals surface area contributed by atoms with Crippen molar-refractivity contribution in [2.75, 3.05) is 0 Å². The monoisotopic (exact) mass is 267 g/mol. The number of aryl methyl sites for hydroxylation is 2. The molecule has 108 valence electrons. The largest absolute Gasteiger partial charge is 0.361 e. The van der Waals surface area contributed by atoms with Gasteiger partial charge in [-0.15, -0.1) is 0 Å². The first-order valence-electron chi connectivity index (χ1n) is 6.86. The SMILES string of the molecule is CCC(C)NC(=O)C(C)NC(C)c1c(C)noc1C. The fourth-order valence-electron chi connectivity index (χ4n) is 2.11. The maximum atomic E-state index is 12.0. The van der Waals surface area contributed by atoms with Crippen molar-refractivity contribution in [3.8, 4) is 0 Å². The molecule has 0 saturated carbocycles. The highest BCUT2D eigenvalue weighted by Crippen LogP contribution is 2.21. The zero-order valence-electron chi connectivity index (χ0n) is 12.7. The van der Waals surface area contributed by atoms with Crippen molar-refractivity contribution in [3.05, 3.63) is 17.0 Å². The third kappa shape index (κ3) is 4.06. The Morgan fingerprint density at radius 3 is 2.42 bits per heavy atom. The first-order chi connectivity index (χ1) is 8.86. The molecule has 3 unspecified atom stereocenters. The molecule has 0 bridgehead atoms. The molecule has 0 aromatic carbocycles. The molecular weight excluding hydrogens is 242 g/mol. The number of carbonyl (C=O) groups excluding carboxylic acids is 1. The molecule has 3 atom stereocenters. The molecule has 1 aromatic heterocycles. The van der Waals surface area contributed by atoms with Crippen LogP contribution in [0.3, 0.4) is 0 Å². The molecule has 1 aromatic rings. The van der Waals surface area contributed by atoms with Crippen molar-refractivity contribution in [2.45, 2.75) is 66.1 Å². The molecular formula is C14H25N3O2. The van der Waals surface area contributed by atoms with Gasteiger partial charge in [-0.25, -0.2) is 0 Å². The van der Waals surface area contributed by atoms with E-state index < -0.39 is 0 Å². The molecule has 5 nitrogen and oxygen atoms in total. The van der Waals surface area contributed by atoms with Crippen LogP contribution in [0.15, 0.2) is 4.52 Å².